The number of nitrogens with one attached hydrogen (secondary N) is 1. The molecule has 1 aliphatic heterocycles. The van der Waals surface area contributed by atoms with Crippen molar-refractivity contribution in [1.29, 1.82) is 5.26 Å². The number of hydrogen-bond donors (Lipinski definition) is 3. The average molecular weight is 463 g/mol. The van der Waals surface area contributed by atoms with Gasteiger partial charge in [-0.05, 0) is 48.9 Å². The number of carbonyl (C=O) groups excluding carboxylic acids is 1. The van der Waals surface area contributed by atoms with E-state index in [4.69, 9.17) is 11.5 Å². The zero-order chi connectivity index (χ0) is 24.4. The Bertz CT molecular complexity index is 969. The van der Waals surface area contributed by atoms with Crippen molar-refractivity contribution in [2.24, 2.45) is 27.8 Å². The molecule has 0 aromatic heterocycles. The molecule has 10 heteroatoms. The second-order valence-corrected chi connectivity index (χ2v) is 9.51. The topological polar surface area (TPSA) is 121 Å². The zero-order valence-electron chi connectivity index (χ0n) is 18.7. The molecular formula is C23H29F3N6O. The number of alkyl halides is 3. The van der Waals surface area contributed by atoms with Gasteiger partial charge in [-0.2, -0.15) is 18.4 Å². The Morgan fingerprint density at radius 1 is 1.24 bits per heavy atom. The number of hydrogen-bond acceptors (Lipinski definition) is 5. The molecule has 3 rings (SSSR count). The van der Waals surface area contributed by atoms with Crippen LogP contribution >= 0.6 is 0 Å². The second kappa shape index (κ2) is 9.43. The van der Waals surface area contributed by atoms with Gasteiger partial charge in [-0.25, -0.2) is 4.99 Å². The van der Waals surface area contributed by atoms with E-state index in [-0.39, 0.29) is 29.1 Å². The summed E-state index contributed by atoms with van der Waals surface area (Å²) < 4.78 is 38.1. The van der Waals surface area contributed by atoms with Gasteiger partial charge in [-0.3, -0.25) is 9.69 Å². The Hall–Kier alpha value is -3.06. The first-order chi connectivity index (χ1) is 15.4. The molecule has 0 unspecified atom stereocenters. The number of amidine groups is 1. The third-order valence-corrected chi connectivity index (χ3v) is 6.19. The van der Waals surface area contributed by atoms with Gasteiger partial charge in [0.1, 0.15) is 5.84 Å². The van der Waals surface area contributed by atoms with Gasteiger partial charge in [-0.1, -0.05) is 13.8 Å². The maximum absolute atomic E-state index is 12.7. The van der Waals surface area contributed by atoms with Crippen LogP contribution in [0.4, 0.5) is 18.9 Å². The fourth-order valence-electron chi connectivity index (χ4n) is 4.52. The smallest absolute Gasteiger partial charge is 0.386 e. The van der Waals surface area contributed by atoms with E-state index < -0.39 is 17.6 Å². The van der Waals surface area contributed by atoms with Crippen molar-refractivity contribution in [3.63, 3.8) is 0 Å². The van der Waals surface area contributed by atoms with Crippen LogP contribution in [0.1, 0.15) is 38.7 Å². The Morgan fingerprint density at radius 3 is 2.39 bits per heavy atom. The van der Waals surface area contributed by atoms with E-state index in [0.29, 0.717) is 11.5 Å². The molecule has 178 valence electrons. The summed E-state index contributed by atoms with van der Waals surface area (Å²) >= 11 is 0. The molecule has 2 aliphatic rings. The first kappa shape index (κ1) is 24.6. The monoisotopic (exact) mass is 462 g/mol. The summed E-state index contributed by atoms with van der Waals surface area (Å²) in [5, 5.41) is 12.8. The molecule has 1 amide bonds. The quantitative estimate of drug-likeness (QED) is 0.341. The lowest BCUT2D eigenvalue weighted by molar-refractivity contribution is -0.137. The number of rotatable bonds is 6. The molecule has 1 aromatic rings. The lowest BCUT2D eigenvalue weighted by Crippen LogP contribution is -2.59. The number of likely N-dealkylation sites (tertiary alicyclic amines) is 1. The van der Waals surface area contributed by atoms with Crippen LogP contribution in [0, 0.1) is 22.7 Å². The summed E-state index contributed by atoms with van der Waals surface area (Å²) in [6, 6.07) is 6.64. The molecule has 7 nitrogen and oxygen atoms in total. The van der Waals surface area contributed by atoms with Gasteiger partial charge in [0.05, 0.1) is 28.8 Å². The predicted molar refractivity (Wildman–Crippen MR) is 119 cm³/mol. The highest BCUT2D eigenvalue weighted by molar-refractivity contribution is 6.20. The number of nitrogens with zero attached hydrogens (tertiary/aromatic N) is 3. The van der Waals surface area contributed by atoms with Gasteiger partial charge in [0.25, 0.3) is 5.91 Å². The van der Waals surface area contributed by atoms with Crippen LogP contribution in [0.25, 0.3) is 0 Å². The number of halogens is 3. The lowest BCUT2D eigenvalue weighted by Gasteiger charge is -2.52. The van der Waals surface area contributed by atoms with Crippen molar-refractivity contribution < 1.29 is 18.0 Å². The van der Waals surface area contributed by atoms with Crippen molar-refractivity contribution in [2.75, 3.05) is 13.1 Å². The summed E-state index contributed by atoms with van der Waals surface area (Å²) in [7, 11) is 0. The van der Waals surface area contributed by atoms with Gasteiger partial charge >= 0.3 is 6.18 Å². The fraction of sp³-hybridized carbons (Fsp3) is 0.522. The van der Waals surface area contributed by atoms with Crippen molar-refractivity contribution in [3.05, 3.63) is 41.6 Å². The molecule has 0 spiro atoms. The normalized spacial score (nSPS) is 26.2. The van der Waals surface area contributed by atoms with Crippen LogP contribution in [0.15, 0.2) is 41.0 Å². The van der Waals surface area contributed by atoms with Gasteiger partial charge in [0.15, 0.2) is 0 Å². The van der Waals surface area contributed by atoms with Crippen molar-refractivity contribution >= 4 is 17.4 Å². The average Bonchev–Trinajstić information content (AvgIpc) is 2.71. The molecule has 2 fully saturated rings. The van der Waals surface area contributed by atoms with Crippen molar-refractivity contribution in [1.82, 2.24) is 10.2 Å². The first-order valence-corrected chi connectivity index (χ1v) is 10.8. The predicted octanol–water partition coefficient (Wildman–Crippen LogP) is 3.06. The Kier molecular flexibility index (Phi) is 7.03. The molecule has 1 saturated carbocycles. The van der Waals surface area contributed by atoms with Crippen LogP contribution in [-0.2, 0) is 11.0 Å². The van der Waals surface area contributed by atoms with Crippen LogP contribution in [0.3, 0.4) is 0 Å². The highest BCUT2D eigenvalue weighted by atomic mass is 19.4. The summed E-state index contributed by atoms with van der Waals surface area (Å²) in [5.74, 6) is -1.30. The zero-order valence-corrected chi connectivity index (χ0v) is 18.7. The third-order valence-electron chi connectivity index (χ3n) is 6.19. The summed E-state index contributed by atoms with van der Waals surface area (Å²) in [6.07, 6.45) is -0.691. The summed E-state index contributed by atoms with van der Waals surface area (Å²) in [6.45, 7) is 6.50. The van der Waals surface area contributed by atoms with Crippen LogP contribution in [-0.4, -0.2) is 41.8 Å². The van der Waals surface area contributed by atoms with Crippen molar-refractivity contribution in [3.8, 4) is 6.07 Å². The number of benzene rings is 1. The SMILES string of the molecule is CC1(C)CN([C@H]2CC[C@H](N/C=C(/C(N)=O)C(N)=Nc3ccc(C(F)(F)F)cc3)[C@@H](C#N)C2)C1. The minimum Gasteiger partial charge on any atom is -0.386 e. The van der Waals surface area contributed by atoms with Crippen LogP contribution < -0.4 is 16.8 Å². The van der Waals surface area contributed by atoms with E-state index in [9.17, 15) is 23.2 Å². The van der Waals surface area contributed by atoms with Crippen LogP contribution in [0.5, 0.6) is 0 Å². The Morgan fingerprint density at radius 2 is 1.88 bits per heavy atom. The van der Waals surface area contributed by atoms with E-state index in [0.717, 1.165) is 56.6 Å². The fourth-order valence-corrected chi connectivity index (χ4v) is 4.52. The number of nitrogens with two attached hydrogens (primary N) is 2. The maximum Gasteiger partial charge on any atom is 0.416 e. The molecule has 1 saturated heterocycles. The number of carbonyl (C=O) groups is 1. The van der Waals surface area contributed by atoms with Gasteiger partial charge < -0.3 is 16.8 Å². The first-order valence-electron chi connectivity index (χ1n) is 10.8. The highest BCUT2D eigenvalue weighted by Gasteiger charge is 2.41. The summed E-state index contributed by atoms with van der Waals surface area (Å²) in [4.78, 5) is 18.4. The largest absolute Gasteiger partial charge is 0.416 e. The third kappa shape index (κ3) is 6.05. The second-order valence-electron chi connectivity index (χ2n) is 9.51. The van der Waals surface area contributed by atoms with E-state index in [1.807, 2.05) is 0 Å². The number of aliphatic imine (C=N–C) groups is 1. The van der Waals surface area contributed by atoms with Crippen molar-refractivity contribution in [2.45, 2.75) is 51.4 Å². The minimum absolute atomic E-state index is 0.0989. The Balaban J connectivity index is 1.67. The molecule has 5 N–H and O–H groups in total. The van der Waals surface area contributed by atoms with E-state index in [2.05, 4.69) is 35.1 Å². The molecule has 0 bridgehead atoms. The lowest BCUT2D eigenvalue weighted by atomic mass is 9.77. The molecule has 0 radical (unpaired) electrons. The Labute approximate surface area is 191 Å². The molecular weight excluding hydrogens is 433 g/mol. The molecule has 1 aliphatic carbocycles. The van der Waals surface area contributed by atoms with Gasteiger partial charge in [0, 0.05) is 31.4 Å². The summed E-state index contributed by atoms with van der Waals surface area (Å²) in [5.41, 5.74) is 10.9. The highest BCUT2D eigenvalue weighted by Crippen LogP contribution is 2.37. The molecule has 1 aromatic carbocycles. The molecule has 1 heterocycles. The van der Waals surface area contributed by atoms with Gasteiger partial charge in [0.2, 0.25) is 0 Å². The van der Waals surface area contributed by atoms with Gasteiger partial charge in [-0.15, -0.1) is 0 Å². The van der Waals surface area contributed by atoms with E-state index >= 15 is 0 Å². The van der Waals surface area contributed by atoms with E-state index in [1.54, 1.807) is 0 Å². The minimum atomic E-state index is -4.46. The number of amides is 1. The standard InChI is InChI=1S/C23H29F3N6O/c1-22(2)12-32(13-22)17-7-8-19(14(9-17)10-27)30-11-18(21(29)33)20(28)31-16-5-3-15(4-6-16)23(24,25)26/h3-6,11,14,17,19,30H,7-9,12-13H2,1-2H3,(H2,28,31)(H2,29,33)/b18-11+/t14-,17+,19+/m1/s1. The number of primary amides is 1. The maximum atomic E-state index is 12.7. The molecule has 33 heavy (non-hydrogen) atoms. The number of nitriles is 1. The van der Waals surface area contributed by atoms with E-state index in [1.165, 1.54) is 6.20 Å². The molecule has 3 atom stereocenters. The van der Waals surface area contributed by atoms with Crippen LogP contribution in [0.2, 0.25) is 0 Å².